The van der Waals surface area contributed by atoms with E-state index in [0.717, 1.165) is 4.90 Å². The Bertz CT molecular complexity index is 468. The molecule has 0 aliphatic rings. The first-order valence-electron chi connectivity index (χ1n) is 5.26. The van der Waals surface area contributed by atoms with Gasteiger partial charge in [-0.3, -0.25) is 0 Å². The van der Waals surface area contributed by atoms with Crippen molar-refractivity contribution >= 4 is 17.7 Å². The Morgan fingerprint density at radius 3 is 2.18 bits per heavy atom. The van der Waals surface area contributed by atoms with Gasteiger partial charge in [-0.2, -0.15) is 0 Å². The Morgan fingerprint density at radius 1 is 0.941 bits per heavy atom. The van der Waals surface area contributed by atoms with Gasteiger partial charge in [0.1, 0.15) is 5.94 Å². The molecule has 0 heterocycles. The van der Waals surface area contributed by atoms with Crippen LogP contribution in [0.5, 0.6) is 0 Å². The van der Waals surface area contributed by atoms with Crippen LogP contribution in [0.25, 0.3) is 0 Å². The van der Waals surface area contributed by atoms with Gasteiger partial charge in [0.05, 0.1) is 5.56 Å². The van der Waals surface area contributed by atoms with Crippen molar-refractivity contribution in [3.63, 3.8) is 0 Å². The highest BCUT2D eigenvalue weighted by molar-refractivity contribution is 7.99. The molecular weight excluding hydrogens is 232 g/mol. The van der Waals surface area contributed by atoms with Crippen molar-refractivity contribution in [3.8, 4) is 0 Å². The minimum absolute atomic E-state index is 0.283. The van der Waals surface area contributed by atoms with Gasteiger partial charge in [-0.25, -0.2) is 4.79 Å². The molecule has 0 spiro atoms. The van der Waals surface area contributed by atoms with Crippen molar-refractivity contribution in [1.29, 1.82) is 0 Å². The average molecular weight is 244 g/mol. The monoisotopic (exact) mass is 244 g/mol. The summed E-state index contributed by atoms with van der Waals surface area (Å²) >= 11 is 1.50. The fraction of sp³-hybridized carbons (Fsp3) is 0.0714. The first kappa shape index (κ1) is 11.7. The Hall–Kier alpha value is -1.74. The van der Waals surface area contributed by atoms with Crippen LogP contribution in [0.15, 0.2) is 65.6 Å². The first-order chi connectivity index (χ1) is 8.36. The van der Waals surface area contributed by atoms with Crippen molar-refractivity contribution in [3.05, 3.63) is 66.2 Å². The number of hydrogen-bond donors (Lipinski definition) is 0. The molecule has 2 aromatic rings. The highest BCUT2D eigenvalue weighted by atomic mass is 32.2. The zero-order chi connectivity index (χ0) is 11.9. The summed E-state index contributed by atoms with van der Waals surface area (Å²) in [6, 6.07) is 18.9. The molecule has 0 saturated heterocycles. The van der Waals surface area contributed by atoms with Crippen molar-refractivity contribution < 1.29 is 9.53 Å². The van der Waals surface area contributed by atoms with Gasteiger partial charge in [0.2, 0.25) is 0 Å². The number of hydrogen-bond acceptors (Lipinski definition) is 3. The number of thioether (sulfide) groups is 1. The molecule has 0 radical (unpaired) electrons. The first-order valence-corrected chi connectivity index (χ1v) is 6.25. The Kier molecular flexibility index (Phi) is 4.22. The summed E-state index contributed by atoms with van der Waals surface area (Å²) in [7, 11) is 0. The molecule has 17 heavy (non-hydrogen) atoms. The largest absolute Gasteiger partial charge is 0.451 e. The molecule has 0 atom stereocenters. The van der Waals surface area contributed by atoms with Crippen LogP contribution in [-0.4, -0.2) is 11.9 Å². The number of rotatable bonds is 4. The molecule has 86 valence electrons. The molecule has 0 saturated carbocycles. The minimum Gasteiger partial charge on any atom is -0.451 e. The molecule has 0 aliphatic heterocycles. The highest BCUT2D eigenvalue weighted by Gasteiger charge is 2.05. The van der Waals surface area contributed by atoms with Crippen LogP contribution < -0.4 is 0 Å². The second kappa shape index (κ2) is 6.11. The topological polar surface area (TPSA) is 26.3 Å². The van der Waals surface area contributed by atoms with Gasteiger partial charge in [-0.15, -0.1) is 0 Å². The van der Waals surface area contributed by atoms with Gasteiger partial charge >= 0.3 is 5.97 Å². The Labute approximate surface area is 105 Å². The van der Waals surface area contributed by atoms with Gasteiger partial charge in [0.25, 0.3) is 0 Å². The van der Waals surface area contributed by atoms with E-state index < -0.39 is 0 Å². The van der Waals surface area contributed by atoms with Crippen LogP contribution >= 0.6 is 11.8 Å². The number of carbonyl (C=O) groups is 1. The summed E-state index contributed by atoms with van der Waals surface area (Å²) in [5.74, 6) is 0.0478. The molecule has 0 amide bonds. The van der Waals surface area contributed by atoms with Crippen LogP contribution in [0, 0.1) is 0 Å². The summed E-state index contributed by atoms with van der Waals surface area (Å²) in [5.41, 5.74) is 0.584. The second-order valence-corrected chi connectivity index (χ2v) is 4.37. The van der Waals surface area contributed by atoms with Crippen LogP contribution in [0.1, 0.15) is 10.4 Å². The van der Waals surface area contributed by atoms with Crippen molar-refractivity contribution in [2.45, 2.75) is 4.90 Å². The predicted molar refractivity (Wildman–Crippen MR) is 69.0 cm³/mol. The van der Waals surface area contributed by atoms with E-state index in [1.807, 2.05) is 48.5 Å². The van der Waals surface area contributed by atoms with E-state index in [1.165, 1.54) is 11.8 Å². The zero-order valence-corrected chi connectivity index (χ0v) is 10.0. The van der Waals surface area contributed by atoms with Crippen molar-refractivity contribution in [2.24, 2.45) is 0 Å². The summed E-state index contributed by atoms with van der Waals surface area (Å²) in [5, 5.41) is 0. The highest BCUT2D eigenvalue weighted by Crippen LogP contribution is 2.17. The lowest BCUT2D eigenvalue weighted by Gasteiger charge is -2.04. The lowest BCUT2D eigenvalue weighted by atomic mass is 10.2. The maximum Gasteiger partial charge on any atom is 0.338 e. The molecule has 0 fully saturated rings. The SMILES string of the molecule is O=C(OCSc1ccccc1)c1ccccc1. The summed E-state index contributed by atoms with van der Waals surface area (Å²) in [6.45, 7) is 0. The van der Waals surface area contributed by atoms with E-state index in [1.54, 1.807) is 12.1 Å². The maximum atomic E-state index is 11.6. The van der Waals surface area contributed by atoms with E-state index in [-0.39, 0.29) is 5.97 Å². The number of ether oxygens (including phenoxy) is 1. The van der Waals surface area contributed by atoms with Crippen molar-refractivity contribution in [1.82, 2.24) is 0 Å². The van der Waals surface area contributed by atoms with Gasteiger partial charge in [0.15, 0.2) is 0 Å². The van der Waals surface area contributed by atoms with E-state index in [9.17, 15) is 4.79 Å². The summed E-state index contributed by atoms with van der Waals surface area (Å²) in [6.07, 6.45) is 0. The standard InChI is InChI=1S/C14H12O2S/c15-14(12-7-3-1-4-8-12)16-11-17-13-9-5-2-6-10-13/h1-10H,11H2. The number of esters is 1. The van der Waals surface area contributed by atoms with Gasteiger partial charge in [0, 0.05) is 4.90 Å². The fourth-order valence-corrected chi connectivity index (χ4v) is 1.98. The van der Waals surface area contributed by atoms with Crippen LogP contribution in [-0.2, 0) is 4.74 Å². The predicted octanol–water partition coefficient (Wildman–Crippen LogP) is 3.59. The van der Waals surface area contributed by atoms with Gasteiger partial charge < -0.3 is 4.74 Å². The molecule has 0 aliphatic carbocycles. The lowest BCUT2D eigenvalue weighted by molar-refractivity contribution is 0.0579. The molecule has 0 bridgehead atoms. The molecule has 2 rings (SSSR count). The average Bonchev–Trinajstić information content (AvgIpc) is 2.41. The molecule has 0 unspecified atom stereocenters. The lowest BCUT2D eigenvalue weighted by Crippen LogP contribution is -2.03. The molecular formula is C14H12O2S. The van der Waals surface area contributed by atoms with E-state index >= 15 is 0 Å². The van der Waals surface area contributed by atoms with Crippen LogP contribution in [0.3, 0.4) is 0 Å². The molecule has 2 nitrogen and oxygen atoms in total. The fourth-order valence-electron chi connectivity index (χ4n) is 1.33. The van der Waals surface area contributed by atoms with Crippen LogP contribution in [0.4, 0.5) is 0 Å². The minimum atomic E-state index is -0.283. The van der Waals surface area contributed by atoms with E-state index in [0.29, 0.717) is 11.5 Å². The number of carbonyl (C=O) groups excluding carboxylic acids is 1. The van der Waals surface area contributed by atoms with Crippen molar-refractivity contribution in [2.75, 3.05) is 5.94 Å². The second-order valence-electron chi connectivity index (χ2n) is 3.37. The smallest absolute Gasteiger partial charge is 0.338 e. The normalized spacial score (nSPS) is 9.88. The van der Waals surface area contributed by atoms with E-state index in [4.69, 9.17) is 4.74 Å². The Morgan fingerprint density at radius 2 is 1.53 bits per heavy atom. The molecule has 0 N–H and O–H groups in total. The summed E-state index contributed by atoms with van der Waals surface area (Å²) < 4.78 is 5.16. The quantitative estimate of drug-likeness (QED) is 0.467. The number of benzene rings is 2. The summed E-state index contributed by atoms with van der Waals surface area (Å²) in [4.78, 5) is 12.7. The zero-order valence-electron chi connectivity index (χ0n) is 9.21. The van der Waals surface area contributed by atoms with Gasteiger partial charge in [-0.05, 0) is 24.3 Å². The maximum absolute atomic E-state index is 11.6. The molecule has 0 aromatic heterocycles. The van der Waals surface area contributed by atoms with E-state index in [2.05, 4.69) is 0 Å². The third-order valence-electron chi connectivity index (χ3n) is 2.17. The molecule has 3 heteroatoms. The Balaban J connectivity index is 1.82. The third-order valence-corrected chi connectivity index (χ3v) is 3.01. The molecule has 2 aromatic carbocycles. The third kappa shape index (κ3) is 3.64. The van der Waals surface area contributed by atoms with Gasteiger partial charge in [-0.1, -0.05) is 48.2 Å². The van der Waals surface area contributed by atoms with Crippen LogP contribution in [0.2, 0.25) is 0 Å².